The first-order valence-electron chi connectivity index (χ1n) is 5.11. The second-order valence-electron chi connectivity index (χ2n) is 4.84. The molecule has 0 bridgehead atoms. The van der Waals surface area contributed by atoms with Gasteiger partial charge in [0.2, 0.25) is 0 Å². The molecular weight excluding hydrogens is 205 g/mol. The van der Waals surface area contributed by atoms with Crippen LogP contribution in [0.25, 0.3) is 10.9 Å². The normalized spacial score (nSPS) is 12.0. The molecule has 0 fully saturated rings. The van der Waals surface area contributed by atoms with Gasteiger partial charge in [0, 0.05) is 10.8 Å². The Bertz CT molecular complexity index is 544. The Labute approximate surface area is 93.5 Å². The van der Waals surface area contributed by atoms with Crippen molar-refractivity contribution in [1.29, 1.82) is 0 Å². The van der Waals surface area contributed by atoms with Crippen LogP contribution in [-0.4, -0.2) is 9.97 Å². The topological polar surface area (TPSA) is 51.8 Å². The van der Waals surface area contributed by atoms with E-state index in [1.54, 1.807) is 6.07 Å². The minimum atomic E-state index is -0.327. The van der Waals surface area contributed by atoms with E-state index in [1.165, 1.54) is 12.1 Å². The van der Waals surface area contributed by atoms with Crippen molar-refractivity contribution >= 4 is 16.7 Å². The van der Waals surface area contributed by atoms with Gasteiger partial charge in [-0.25, -0.2) is 14.4 Å². The number of benzene rings is 1. The van der Waals surface area contributed by atoms with Crippen LogP contribution in [0.4, 0.5) is 10.2 Å². The van der Waals surface area contributed by atoms with Crippen LogP contribution in [0.15, 0.2) is 18.2 Å². The standard InChI is InChI=1S/C12H14FN3/c1-12(2,3)11-15-9-5-4-7(13)6-8(9)10(14)16-11/h4-6H,1-3H3,(H2,14,15,16). The summed E-state index contributed by atoms with van der Waals surface area (Å²) in [4.78, 5) is 8.60. The summed E-state index contributed by atoms with van der Waals surface area (Å²) in [6.45, 7) is 6.03. The van der Waals surface area contributed by atoms with Crippen molar-refractivity contribution in [2.24, 2.45) is 0 Å². The van der Waals surface area contributed by atoms with Crippen LogP contribution in [0, 0.1) is 5.82 Å². The molecule has 4 heteroatoms. The molecule has 0 aliphatic rings. The number of nitrogens with two attached hydrogens (primary N) is 1. The quantitative estimate of drug-likeness (QED) is 0.741. The molecule has 0 saturated heterocycles. The maximum absolute atomic E-state index is 13.0. The molecule has 16 heavy (non-hydrogen) atoms. The Hall–Kier alpha value is -1.71. The van der Waals surface area contributed by atoms with Gasteiger partial charge in [-0.1, -0.05) is 20.8 Å². The number of rotatable bonds is 0. The molecular formula is C12H14FN3. The summed E-state index contributed by atoms with van der Waals surface area (Å²) in [5.41, 5.74) is 6.31. The molecule has 0 saturated carbocycles. The van der Waals surface area contributed by atoms with E-state index in [9.17, 15) is 4.39 Å². The van der Waals surface area contributed by atoms with Crippen molar-refractivity contribution < 1.29 is 4.39 Å². The molecule has 2 rings (SSSR count). The van der Waals surface area contributed by atoms with Gasteiger partial charge in [0.05, 0.1) is 5.52 Å². The number of aromatic nitrogens is 2. The van der Waals surface area contributed by atoms with Gasteiger partial charge in [-0.2, -0.15) is 0 Å². The van der Waals surface area contributed by atoms with Crippen LogP contribution in [-0.2, 0) is 5.41 Å². The minimum absolute atomic E-state index is 0.170. The number of halogens is 1. The lowest BCUT2D eigenvalue weighted by Gasteiger charge is -2.17. The van der Waals surface area contributed by atoms with Crippen molar-refractivity contribution in [3.05, 3.63) is 29.8 Å². The highest BCUT2D eigenvalue weighted by atomic mass is 19.1. The molecule has 0 aliphatic carbocycles. The van der Waals surface area contributed by atoms with E-state index in [-0.39, 0.29) is 11.2 Å². The highest BCUT2D eigenvalue weighted by Crippen LogP contribution is 2.24. The maximum atomic E-state index is 13.0. The smallest absolute Gasteiger partial charge is 0.136 e. The van der Waals surface area contributed by atoms with Gasteiger partial charge < -0.3 is 5.73 Å². The second-order valence-corrected chi connectivity index (χ2v) is 4.84. The first-order valence-corrected chi connectivity index (χ1v) is 5.11. The number of fused-ring (bicyclic) bond motifs is 1. The summed E-state index contributed by atoms with van der Waals surface area (Å²) in [5, 5.41) is 0.563. The van der Waals surface area contributed by atoms with E-state index in [4.69, 9.17) is 5.73 Å². The number of nitrogens with zero attached hydrogens (tertiary/aromatic N) is 2. The molecule has 3 nitrogen and oxygen atoms in total. The van der Waals surface area contributed by atoms with Crippen LogP contribution in [0.1, 0.15) is 26.6 Å². The number of hydrogen-bond donors (Lipinski definition) is 1. The van der Waals surface area contributed by atoms with Crippen molar-refractivity contribution in [1.82, 2.24) is 9.97 Å². The van der Waals surface area contributed by atoms with Gasteiger partial charge in [-0.05, 0) is 18.2 Å². The monoisotopic (exact) mass is 219 g/mol. The molecule has 2 aromatic rings. The van der Waals surface area contributed by atoms with Gasteiger partial charge in [-0.3, -0.25) is 0 Å². The third-order valence-corrected chi connectivity index (χ3v) is 2.36. The van der Waals surface area contributed by atoms with Gasteiger partial charge >= 0.3 is 0 Å². The van der Waals surface area contributed by atoms with Crippen LogP contribution in [0.5, 0.6) is 0 Å². The van der Waals surface area contributed by atoms with E-state index in [0.29, 0.717) is 22.5 Å². The molecule has 1 heterocycles. The Kier molecular flexibility index (Phi) is 2.30. The first-order chi connectivity index (χ1) is 7.38. The molecule has 0 atom stereocenters. The summed E-state index contributed by atoms with van der Waals surface area (Å²) in [6.07, 6.45) is 0. The highest BCUT2D eigenvalue weighted by Gasteiger charge is 2.19. The van der Waals surface area contributed by atoms with Crippen LogP contribution in [0.3, 0.4) is 0 Å². The van der Waals surface area contributed by atoms with Crippen LogP contribution in [0.2, 0.25) is 0 Å². The Morgan fingerprint density at radius 1 is 1.19 bits per heavy atom. The minimum Gasteiger partial charge on any atom is -0.383 e. The number of anilines is 1. The lowest BCUT2D eigenvalue weighted by Crippen LogP contribution is -2.17. The van der Waals surface area contributed by atoms with E-state index in [0.717, 1.165) is 0 Å². The molecule has 0 radical (unpaired) electrons. The fraction of sp³-hybridized carbons (Fsp3) is 0.333. The van der Waals surface area contributed by atoms with Crippen molar-refractivity contribution in [2.75, 3.05) is 5.73 Å². The number of hydrogen-bond acceptors (Lipinski definition) is 3. The fourth-order valence-corrected chi connectivity index (χ4v) is 1.46. The molecule has 84 valence electrons. The Balaban J connectivity index is 2.74. The highest BCUT2D eigenvalue weighted by molar-refractivity contribution is 5.87. The van der Waals surface area contributed by atoms with Gasteiger partial charge in [0.1, 0.15) is 17.5 Å². The van der Waals surface area contributed by atoms with Crippen molar-refractivity contribution in [3.63, 3.8) is 0 Å². The zero-order valence-electron chi connectivity index (χ0n) is 9.58. The van der Waals surface area contributed by atoms with E-state index >= 15 is 0 Å². The molecule has 0 aliphatic heterocycles. The summed E-state index contributed by atoms with van der Waals surface area (Å²) >= 11 is 0. The third kappa shape index (κ3) is 1.83. The van der Waals surface area contributed by atoms with Gasteiger partial charge in [0.15, 0.2) is 0 Å². The molecule has 1 aromatic carbocycles. The summed E-state index contributed by atoms with van der Waals surface area (Å²) in [5.74, 6) is 0.671. The Morgan fingerprint density at radius 3 is 2.50 bits per heavy atom. The first kappa shape index (κ1) is 10.8. The molecule has 0 unspecified atom stereocenters. The van der Waals surface area contributed by atoms with E-state index in [1.807, 2.05) is 20.8 Å². The SMILES string of the molecule is CC(C)(C)c1nc(N)c2cc(F)ccc2n1. The van der Waals surface area contributed by atoms with Gasteiger partial charge in [0.25, 0.3) is 0 Å². The summed E-state index contributed by atoms with van der Waals surface area (Å²) < 4.78 is 13.0. The average molecular weight is 219 g/mol. The summed E-state index contributed by atoms with van der Waals surface area (Å²) in [7, 11) is 0. The van der Waals surface area contributed by atoms with Crippen molar-refractivity contribution in [2.45, 2.75) is 26.2 Å². The predicted molar refractivity (Wildman–Crippen MR) is 62.6 cm³/mol. The van der Waals surface area contributed by atoms with Gasteiger partial charge in [-0.15, -0.1) is 0 Å². The zero-order valence-corrected chi connectivity index (χ0v) is 9.58. The maximum Gasteiger partial charge on any atom is 0.136 e. The molecule has 2 N–H and O–H groups in total. The Morgan fingerprint density at radius 2 is 1.88 bits per heavy atom. The number of nitrogen functional groups attached to an aromatic ring is 1. The largest absolute Gasteiger partial charge is 0.383 e. The lowest BCUT2D eigenvalue weighted by molar-refractivity contribution is 0.549. The lowest BCUT2D eigenvalue weighted by atomic mass is 9.95. The van der Waals surface area contributed by atoms with E-state index < -0.39 is 0 Å². The van der Waals surface area contributed by atoms with E-state index in [2.05, 4.69) is 9.97 Å². The summed E-state index contributed by atoms with van der Waals surface area (Å²) in [6, 6.07) is 4.36. The average Bonchev–Trinajstić information content (AvgIpc) is 2.17. The second kappa shape index (κ2) is 3.40. The predicted octanol–water partition coefficient (Wildman–Crippen LogP) is 2.65. The van der Waals surface area contributed by atoms with Crippen molar-refractivity contribution in [3.8, 4) is 0 Å². The fourth-order valence-electron chi connectivity index (χ4n) is 1.46. The zero-order chi connectivity index (χ0) is 11.9. The molecule has 1 aromatic heterocycles. The molecule has 0 amide bonds. The molecule has 0 spiro atoms. The van der Waals surface area contributed by atoms with Crippen LogP contribution < -0.4 is 5.73 Å². The van der Waals surface area contributed by atoms with Crippen LogP contribution >= 0.6 is 0 Å². The third-order valence-electron chi connectivity index (χ3n) is 2.36.